The lowest BCUT2D eigenvalue weighted by Gasteiger charge is -2.08. The third-order valence-electron chi connectivity index (χ3n) is 3.27. The molecule has 5 nitrogen and oxygen atoms in total. The van der Waals surface area contributed by atoms with Crippen molar-refractivity contribution in [3.8, 4) is 0 Å². The van der Waals surface area contributed by atoms with Crippen LogP contribution in [0.5, 0.6) is 0 Å². The molecule has 0 saturated carbocycles. The Morgan fingerprint density at radius 1 is 1.14 bits per heavy atom. The van der Waals surface area contributed by atoms with Crippen LogP contribution in [0, 0.1) is 0 Å². The maximum Gasteiger partial charge on any atom is 0.307 e. The molecule has 1 heterocycles. The minimum Gasteiger partial charge on any atom is -0.302 e. The van der Waals surface area contributed by atoms with Crippen LogP contribution in [0.2, 0.25) is 0 Å². The average Bonchev–Trinajstić information content (AvgIpc) is 2.73. The van der Waals surface area contributed by atoms with Crippen LogP contribution in [-0.2, 0) is 22.8 Å². The molecule has 0 unspecified atom stereocenters. The summed E-state index contributed by atoms with van der Waals surface area (Å²) in [6.07, 6.45) is 0. The first-order valence-electron chi connectivity index (χ1n) is 6.59. The molecule has 1 aromatic heterocycles. The lowest BCUT2D eigenvalue weighted by atomic mass is 10.2. The Labute approximate surface area is 131 Å². The summed E-state index contributed by atoms with van der Waals surface area (Å²) in [5.41, 5.74) is 1.98. The van der Waals surface area contributed by atoms with E-state index >= 15 is 0 Å². The summed E-state index contributed by atoms with van der Waals surface area (Å²) in [5, 5.41) is 0. The van der Waals surface area contributed by atoms with Gasteiger partial charge in [0.05, 0.1) is 21.7 Å². The molecule has 0 amide bonds. The van der Waals surface area contributed by atoms with Gasteiger partial charge in [0.1, 0.15) is 0 Å². The predicted octanol–water partition coefficient (Wildman–Crippen LogP) is 2.54. The van der Waals surface area contributed by atoms with Gasteiger partial charge in [-0.05, 0) is 23.8 Å². The number of anilines is 1. The van der Waals surface area contributed by atoms with Crippen molar-refractivity contribution in [1.82, 2.24) is 4.57 Å². The highest BCUT2D eigenvalue weighted by Crippen LogP contribution is 2.22. The van der Waals surface area contributed by atoms with Gasteiger partial charge in [0.15, 0.2) is 0 Å². The topological polar surface area (TPSA) is 68.2 Å². The average molecular weight is 334 g/mol. The first kappa shape index (κ1) is 14.8. The van der Waals surface area contributed by atoms with Crippen molar-refractivity contribution in [2.45, 2.75) is 5.75 Å². The second-order valence-corrected chi connectivity index (χ2v) is 7.67. The summed E-state index contributed by atoms with van der Waals surface area (Å²) < 4.78 is 29.3. The van der Waals surface area contributed by atoms with Crippen LogP contribution in [0.25, 0.3) is 10.2 Å². The van der Waals surface area contributed by atoms with Gasteiger partial charge < -0.3 is 4.57 Å². The van der Waals surface area contributed by atoms with Crippen LogP contribution in [-0.4, -0.2) is 13.0 Å². The van der Waals surface area contributed by atoms with Gasteiger partial charge in [0.25, 0.3) is 0 Å². The van der Waals surface area contributed by atoms with Crippen molar-refractivity contribution >= 4 is 37.3 Å². The number of hydrogen-bond donors (Lipinski definition) is 1. The summed E-state index contributed by atoms with van der Waals surface area (Å²) in [4.78, 5) is 11.5. The van der Waals surface area contributed by atoms with E-state index in [0.717, 1.165) is 27.1 Å². The van der Waals surface area contributed by atoms with Gasteiger partial charge in [0, 0.05) is 7.05 Å². The van der Waals surface area contributed by atoms with Crippen molar-refractivity contribution in [1.29, 1.82) is 0 Å². The lowest BCUT2D eigenvalue weighted by Crippen LogP contribution is -2.15. The highest BCUT2D eigenvalue weighted by atomic mass is 32.2. The maximum absolute atomic E-state index is 12.2. The Balaban J connectivity index is 1.87. The SMILES string of the molecule is Cn1c(=O)sc2cc(NS(=O)(=O)Cc3ccccc3)ccc21. The van der Waals surface area contributed by atoms with Crippen LogP contribution in [0.1, 0.15) is 5.56 Å². The van der Waals surface area contributed by atoms with E-state index < -0.39 is 10.0 Å². The minimum absolute atomic E-state index is 0.0701. The molecule has 0 aliphatic heterocycles. The summed E-state index contributed by atoms with van der Waals surface area (Å²) in [6.45, 7) is 0. The standard InChI is InChI=1S/C15H14N2O3S2/c1-17-13-8-7-12(9-14(13)21-15(17)18)16-22(19,20)10-11-5-3-2-4-6-11/h2-9,16H,10H2,1H3. The number of sulfonamides is 1. The molecule has 0 spiro atoms. The molecule has 7 heteroatoms. The first-order valence-corrected chi connectivity index (χ1v) is 9.05. The quantitative estimate of drug-likeness (QED) is 0.797. The molecule has 0 fully saturated rings. The molecule has 0 bridgehead atoms. The summed E-state index contributed by atoms with van der Waals surface area (Å²) >= 11 is 1.10. The number of nitrogens with zero attached hydrogens (tertiary/aromatic N) is 1. The van der Waals surface area contributed by atoms with E-state index in [2.05, 4.69) is 4.72 Å². The van der Waals surface area contributed by atoms with Crippen molar-refractivity contribution < 1.29 is 8.42 Å². The first-order chi connectivity index (χ1) is 10.4. The van der Waals surface area contributed by atoms with E-state index in [1.807, 2.05) is 6.07 Å². The Kier molecular flexibility index (Phi) is 3.76. The van der Waals surface area contributed by atoms with Crippen molar-refractivity contribution in [2.75, 3.05) is 4.72 Å². The largest absolute Gasteiger partial charge is 0.307 e. The fourth-order valence-electron chi connectivity index (χ4n) is 2.21. The van der Waals surface area contributed by atoms with Crippen molar-refractivity contribution in [3.63, 3.8) is 0 Å². The van der Waals surface area contributed by atoms with Crippen LogP contribution < -0.4 is 9.60 Å². The molecular formula is C15H14N2O3S2. The number of fused-ring (bicyclic) bond motifs is 1. The second kappa shape index (κ2) is 5.58. The zero-order chi connectivity index (χ0) is 15.7. The van der Waals surface area contributed by atoms with Gasteiger partial charge in [-0.3, -0.25) is 9.52 Å². The molecule has 0 atom stereocenters. The van der Waals surface area contributed by atoms with E-state index in [-0.39, 0.29) is 10.6 Å². The van der Waals surface area contributed by atoms with Crippen molar-refractivity contribution in [2.24, 2.45) is 7.05 Å². The number of thiazole rings is 1. The number of aromatic nitrogens is 1. The molecule has 3 aromatic rings. The third-order valence-corrected chi connectivity index (χ3v) is 5.52. The molecule has 0 aliphatic carbocycles. The van der Waals surface area contributed by atoms with Crippen LogP contribution >= 0.6 is 11.3 Å². The number of rotatable bonds is 4. The Hall–Kier alpha value is -2.12. The number of hydrogen-bond acceptors (Lipinski definition) is 4. The zero-order valence-electron chi connectivity index (χ0n) is 11.8. The third kappa shape index (κ3) is 3.05. The van der Waals surface area contributed by atoms with Gasteiger partial charge in [-0.1, -0.05) is 41.7 Å². The fourth-order valence-corrected chi connectivity index (χ4v) is 4.32. The molecule has 114 valence electrons. The molecule has 1 N–H and O–H groups in total. The van der Waals surface area contributed by atoms with E-state index in [1.165, 1.54) is 0 Å². The molecule has 3 rings (SSSR count). The molecule has 22 heavy (non-hydrogen) atoms. The highest BCUT2D eigenvalue weighted by Gasteiger charge is 2.13. The summed E-state index contributed by atoms with van der Waals surface area (Å²) in [7, 11) is -1.80. The number of benzene rings is 2. The molecule has 2 aromatic carbocycles. The second-order valence-electron chi connectivity index (χ2n) is 4.96. The Morgan fingerprint density at radius 2 is 1.86 bits per heavy atom. The Bertz CT molecular complexity index is 973. The van der Waals surface area contributed by atoms with E-state index in [0.29, 0.717) is 5.69 Å². The summed E-state index contributed by atoms with van der Waals surface area (Å²) in [5.74, 6) is -0.0864. The van der Waals surface area contributed by atoms with Crippen LogP contribution in [0.15, 0.2) is 53.3 Å². The van der Waals surface area contributed by atoms with E-state index in [1.54, 1.807) is 54.1 Å². The molecule has 0 saturated heterocycles. The van der Waals surface area contributed by atoms with E-state index in [9.17, 15) is 13.2 Å². The van der Waals surface area contributed by atoms with Crippen LogP contribution in [0.4, 0.5) is 5.69 Å². The molecule has 0 radical (unpaired) electrons. The predicted molar refractivity (Wildman–Crippen MR) is 89.8 cm³/mol. The lowest BCUT2D eigenvalue weighted by molar-refractivity contribution is 0.600. The molecule has 0 aliphatic rings. The van der Waals surface area contributed by atoms with Gasteiger partial charge in [-0.15, -0.1) is 0 Å². The van der Waals surface area contributed by atoms with Gasteiger partial charge in [-0.25, -0.2) is 8.42 Å². The summed E-state index contributed by atoms with van der Waals surface area (Å²) in [6, 6.07) is 14.1. The van der Waals surface area contributed by atoms with Crippen molar-refractivity contribution in [3.05, 3.63) is 63.8 Å². The van der Waals surface area contributed by atoms with Gasteiger partial charge >= 0.3 is 4.87 Å². The monoisotopic (exact) mass is 334 g/mol. The van der Waals surface area contributed by atoms with E-state index in [4.69, 9.17) is 0 Å². The van der Waals surface area contributed by atoms with Gasteiger partial charge in [-0.2, -0.15) is 0 Å². The Morgan fingerprint density at radius 3 is 2.59 bits per heavy atom. The number of nitrogens with one attached hydrogen (secondary N) is 1. The maximum atomic E-state index is 12.2. The van der Waals surface area contributed by atoms with Crippen LogP contribution in [0.3, 0.4) is 0 Å². The normalized spacial score (nSPS) is 11.7. The minimum atomic E-state index is -3.49. The molecular weight excluding hydrogens is 320 g/mol. The van der Waals surface area contributed by atoms with Gasteiger partial charge in [0.2, 0.25) is 10.0 Å². The smallest absolute Gasteiger partial charge is 0.302 e. The highest BCUT2D eigenvalue weighted by molar-refractivity contribution is 7.91. The zero-order valence-corrected chi connectivity index (χ0v) is 13.4. The number of aryl methyl sites for hydroxylation is 1. The fraction of sp³-hybridized carbons (Fsp3) is 0.133.